The van der Waals surface area contributed by atoms with Crippen LogP contribution in [0.5, 0.6) is 0 Å². The molecule has 1 saturated carbocycles. The smallest absolute Gasteiger partial charge is 0.240 e. The van der Waals surface area contributed by atoms with Crippen LogP contribution in [0.4, 0.5) is 0 Å². The maximum atomic E-state index is 10.9. The lowest BCUT2D eigenvalue weighted by molar-refractivity contribution is -0.123. The predicted molar refractivity (Wildman–Crippen MR) is 34.8 cm³/mol. The molecule has 0 aromatic carbocycles. The van der Waals surface area contributed by atoms with Crippen molar-refractivity contribution in [1.82, 2.24) is 5.32 Å². The molecule has 1 fully saturated rings. The predicted octanol–water partition coefficient (Wildman–Crippen LogP) is -0.883. The highest BCUT2D eigenvalue weighted by atomic mass is 16.2. The fraction of sp³-hybridized carbons (Fsp3) is 0.667. The lowest BCUT2D eigenvalue weighted by Crippen LogP contribution is -2.42. The molecule has 1 amide bonds. The number of hydrogen-bond acceptors (Lipinski definition) is 3. The van der Waals surface area contributed by atoms with E-state index < -0.39 is 5.54 Å². The number of nitrogens with two attached hydrogens (primary N) is 1. The third-order valence-corrected chi connectivity index (χ3v) is 1.57. The normalized spacial score (nSPS) is 19.2. The highest BCUT2D eigenvalue weighted by Crippen LogP contribution is 2.31. The van der Waals surface area contributed by atoms with Crippen LogP contribution in [0.1, 0.15) is 12.8 Å². The summed E-state index contributed by atoms with van der Waals surface area (Å²) in [6.07, 6.45) is 1.48. The molecule has 0 radical (unpaired) electrons. The quantitative estimate of drug-likeness (QED) is 0.487. The molecule has 0 atom stereocenters. The third-order valence-electron chi connectivity index (χ3n) is 1.57. The molecule has 0 aliphatic heterocycles. The largest absolute Gasteiger partial charge is 0.341 e. The Morgan fingerprint density at radius 2 is 2.40 bits per heavy atom. The van der Waals surface area contributed by atoms with Crippen LogP contribution >= 0.6 is 0 Å². The molecule has 10 heavy (non-hydrogen) atoms. The van der Waals surface area contributed by atoms with Crippen molar-refractivity contribution in [3.63, 3.8) is 0 Å². The number of amides is 1. The topological polar surface area (TPSA) is 78.9 Å². The van der Waals surface area contributed by atoms with Crippen molar-refractivity contribution in [2.24, 2.45) is 5.73 Å². The van der Waals surface area contributed by atoms with Crippen molar-refractivity contribution in [3.8, 4) is 6.07 Å². The van der Waals surface area contributed by atoms with E-state index in [0.29, 0.717) is 0 Å². The fourth-order valence-electron chi connectivity index (χ4n) is 0.658. The molecule has 0 unspecified atom stereocenters. The van der Waals surface area contributed by atoms with E-state index >= 15 is 0 Å². The van der Waals surface area contributed by atoms with E-state index in [9.17, 15) is 4.79 Å². The van der Waals surface area contributed by atoms with Gasteiger partial charge in [-0.25, -0.2) is 0 Å². The molecule has 0 spiro atoms. The minimum Gasteiger partial charge on any atom is -0.341 e. The summed E-state index contributed by atoms with van der Waals surface area (Å²) < 4.78 is 0. The summed E-state index contributed by atoms with van der Waals surface area (Å²) in [6, 6.07) is 1.81. The Morgan fingerprint density at radius 1 is 1.80 bits per heavy atom. The SMILES string of the molecule is N#CCNC(=O)C1(N)CC1. The summed E-state index contributed by atoms with van der Waals surface area (Å²) in [5, 5.41) is 10.5. The summed E-state index contributed by atoms with van der Waals surface area (Å²) in [4.78, 5) is 10.9. The number of carbonyl (C=O) groups excluding carboxylic acids is 1. The van der Waals surface area contributed by atoms with E-state index in [0.717, 1.165) is 12.8 Å². The van der Waals surface area contributed by atoms with Crippen LogP contribution in [0.2, 0.25) is 0 Å². The minimum absolute atomic E-state index is 0.0534. The second kappa shape index (κ2) is 2.27. The van der Waals surface area contributed by atoms with Gasteiger partial charge >= 0.3 is 0 Å². The monoisotopic (exact) mass is 139 g/mol. The fourth-order valence-corrected chi connectivity index (χ4v) is 0.658. The highest BCUT2D eigenvalue weighted by molar-refractivity contribution is 5.89. The molecule has 1 aliphatic rings. The van der Waals surface area contributed by atoms with Crippen molar-refractivity contribution < 1.29 is 4.79 Å². The Kier molecular flexibility index (Phi) is 1.60. The molecule has 3 N–H and O–H groups in total. The Morgan fingerprint density at radius 3 is 2.80 bits per heavy atom. The van der Waals surface area contributed by atoms with Gasteiger partial charge in [0.2, 0.25) is 5.91 Å². The molecule has 1 rings (SSSR count). The second-order valence-electron chi connectivity index (χ2n) is 2.50. The molecular formula is C6H9N3O. The van der Waals surface area contributed by atoms with Crippen molar-refractivity contribution in [2.75, 3.05) is 6.54 Å². The van der Waals surface area contributed by atoms with Gasteiger partial charge in [0, 0.05) is 0 Å². The summed E-state index contributed by atoms with van der Waals surface area (Å²) in [7, 11) is 0. The van der Waals surface area contributed by atoms with Gasteiger partial charge in [0.15, 0.2) is 0 Å². The first-order chi connectivity index (χ1) is 4.69. The number of nitrogens with zero attached hydrogens (tertiary/aromatic N) is 1. The zero-order valence-electron chi connectivity index (χ0n) is 5.55. The first kappa shape index (κ1) is 7.03. The van der Waals surface area contributed by atoms with Gasteiger partial charge in [-0.3, -0.25) is 4.79 Å². The maximum Gasteiger partial charge on any atom is 0.240 e. The Labute approximate surface area is 59.0 Å². The lowest BCUT2D eigenvalue weighted by Gasteiger charge is -2.05. The zero-order valence-corrected chi connectivity index (χ0v) is 5.55. The molecular weight excluding hydrogens is 130 g/mol. The lowest BCUT2D eigenvalue weighted by atomic mass is 10.3. The molecule has 0 saturated heterocycles. The van der Waals surface area contributed by atoms with Gasteiger partial charge in [-0.1, -0.05) is 0 Å². The van der Waals surface area contributed by atoms with E-state index in [1.54, 1.807) is 0 Å². The third kappa shape index (κ3) is 1.25. The van der Waals surface area contributed by atoms with Gasteiger partial charge < -0.3 is 11.1 Å². The minimum atomic E-state index is -0.642. The van der Waals surface area contributed by atoms with E-state index in [2.05, 4.69) is 5.32 Å². The Bertz CT molecular complexity index is 190. The van der Waals surface area contributed by atoms with E-state index in [1.807, 2.05) is 6.07 Å². The summed E-state index contributed by atoms with van der Waals surface area (Å²) in [5.41, 5.74) is 4.87. The van der Waals surface area contributed by atoms with Crippen LogP contribution in [0.3, 0.4) is 0 Å². The Balaban J connectivity index is 2.30. The van der Waals surface area contributed by atoms with Gasteiger partial charge in [-0.15, -0.1) is 0 Å². The second-order valence-corrected chi connectivity index (χ2v) is 2.50. The summed E-state index contributed by atoms with van der Waals surface area (Å²) in [6.45, 7) is 0.0534. The first-order valence-corrected chi connectivity index (χ1v) is 3.13. The van der Waals surface area contributed by atoms with Crippen LogP contribution < -0.4 is 11.1 Å². The van der Waals surface area contributed by atoms with E-state index in [1.165, 1.54) is 0 Å². The van der Waals surface area contributed by atoms with E-state index in [4.69, 9.17) is 11.0 Å². The van der Waals surface area contributed by atoms with Crippen molar-refractivity contribution in [3.05, 3.63) is 0 Å². The van der Waals surface area contributed by atoms with Crippen LogP contribution in [-0.2, 0) is 4.79 Å². The average Bonchev–Trinajstić information content (AvgIpc) is 2.64. The highest BCUT2D eigenvalue weighted by Gasteiger charge is 2.45. The van der Waals surface area contributed by atoms with Gasteiger partial charge in [0.1, 0.15) is 6.54 Å². The molecule has 4 heteroatoms. The molecule has 54 valence electrons. The van der Waals surface area contributed by atoms with Crippen LogP contribution in [0, 0.1) is 11.3 Å². The first-order valence-electron chi connectivity index (χ1n) is 3.13. The molecule has 0 bridgehead atoms. The van der Waals surface area contributed by atoms with Crippen LogP contribution in [0.15, 0.2) is 0 Å². The van der Waals surface area contributed by atoms with Gasteiger partial charge in [0.05, 0.1) is 11.6 Å². The van der Waals surface area contributed by atoms with Crippen molar-refractivity contribution in [2.45, 2.75) is 18.4 Å². The van der Waals surface area contributed by atoms with Gasteiger partial charge in [-0.2, -0.15) is 5.26 Å². The van der Waals surface area contributed by atoms with Gasteiger partial charge in [0.25, 0.3) is 0 Å². The summed E-state index contributed by atoms with van der Waals surface area (Å²) >= 11 is 0. The number of carbonyl (C=O) groups is 1. The molecule has 0 heterocycles. The molecule has 0 aromatic heterocycles. The Hall–Kier alpha value is -1.08. The summed E-state index contributed by atoms with van der Waals surface area (Å²) in [5.74, 6) is -0.200. The zero-order chi connectivity index (χ0) is 7.61. The number of nitrogens with one attached hydrogen (secondary N) is 1. The van der Waals surface area contributed by atoms with Crippen molar-refractivity contribution in [1.29, 1.82) is 5.26 Å². The van der Waals surface area contributed by atoms with Crippen molar-refractivity contribution >= 4 is 5.91 Å². The standard InChI is InChI=1S/C6H9N3O/c7-3-4-9-5(10)6(8)1-2-6/h1-2,4,8H2,(H,9,10). The number of rotatable bonds is 2. The number of hydrogen-bond donors (Lipinski definition) is 2. The van der Waals surface area contributed by atoms with E-state index in [-0.39, 0.29) is 12.5 Å². The number of nitriles is 1. The van der Waals surface area contributed by atoms with Crippen LogP contribution in [0.25, 0.3) is 0 Å². The molecule has 4 nitrogen and oxygen atoms in total. The maximum absolute atomic E-state index is 10.9. The molecule has 0 aromatic rings. The average molecular weight is 139 g/mol. The van der Waals surface area contributed by atoms with Gasteiger partial charge in [-0.05, 0) is 12.8 Å². The molecule has 1 aliphatic carbocycles. The van der Waals surface area contributed by atoms with Crippen LogP contribution in [-0.4, -0.2) is 18.0 Å².